The van der Waals surface area contributed by atoms with Crippen molar-refractivity contribution < 1.29 is 0 Å². The van der Waals surface area contributed by atoms with Crippen molar-refractivity contribution in [1.82, 2.24) is 0 Å². The highest BCUT2D eigenvalue weighted by atomic mass is 32.1. The van der Waals surface area contributed by atoms with E-state index in [1.165, 1.54) is 22.3 Å². The Hall–Kier alpha value is -5.77. The molecule has 7 aromatic carbocycles. The molecule has 0 aliphatic carbocycles. The Morgan fingerprint density at radius 3 is 1.60 bits per heavy atom. The average Bonchev–Trinajstić information content (AvgIpc) is 3.14. The van der Waals surface area contributed by atoms with Crippen molar-refractivity contribution in [3.05, 3.63) is 208 Å². The molecule has 3 heteroatoms. The molecular formula is C44H29NOS. The second kappa shape index (κ2) is 10.9. The van der Waals surface area contributed by atoms with E-state index in [1.807, 2.05) is 30.3 Å². The van der Waals surface area contributed by atoms with Gasteiger partial charge in [0.25, 0.3) is 0 Å². The van der Waals surface area contributed by atoms with Gasteiger partial charge in [0, 0.05) is 25.9 Å². The first-order valence-electron chi connectivity index (χ1n) is 15.9. The Labute approximate surface area is 277 Å². The number of hydrogen-bond acceptors (Lipinski definition) is 3. The van der Waals surface area contributed by atoms with Gasteiger partial charge in [-0.25, -0.2) is 0 Å². The lowest BCUT2D eigenvalue weighted by Gasteiger charge is -2.46. The molecule has 0 N–H and O–H groups in total. The Kier molecular flexibility index (Phi) is 6.41. The van der Waals surface area contributed by atoms with Crippen molar-refractivity contribution in [2.75, 3.05) is 4.90 Å². The molecule has 0 spiro atoms. The number of benzene rings is 7. The molecule has 0 saturated heterocycles. The molecule has 47 heavy (non-hydrogen) atoms. The Bertz CT molecular complexity index is 2390. The minimum atomic E-state index is -0.483. The van der Waals surface area contributed by atoms with Gasteiger partial charge in [0.2, 0.25) is 0 Å². The predicted molar refractivity (Wildman–Crippen MR) is 198 cm³/mol. The standard InChI is InChI=1S/C44H29NOS/c46-43-35-17-7-12-22-41(35)47-42-29-31(25-28-36(42)43)30-23-26-34(27-24-30)45-39-20-10-8-18-37(39)44(32-13-3-1-4-14-32,33-15-5-2-6-16-33)38-19-9-11-21-40(38)45/h1-29H. The number of para-hydroxylation sites is 2. The van der Waals surface area contributed by atoms with Crippen LogP contribution in [0.5, 0.6) is 0 Å². The van der Waals surface area contributed by atoms with Gasteiger partial charge in [-0.05, 0) is 81.9 Å². The summed E-state index contributed by atoms with van der Waals surface area (Å²) in [5, 5.41) is 1.56. The van der Waals surface area contributed by atoms with Crippen LogP contribution < -0.4 is 10.3 Å². The van der Waals surface area contributed by atoms with Gasteiger partial charge in [-0.15, -0.1) is 11.3 Å². The fourth-order valence-electron chi connectivity index (χ4n) is 7.47. The SMILES string of the molecule is O=c1c2ccccc2sc2cc(-c3ccc(N4c5ccccc5C(c5ccccc5)(c5ccccc5)c5ccccc54)cc3)ccc12. The molecule has 0 amide bonds. The maximum absolute atomic E-state index is 13.2. The second-order valence-electron chi connectivity index (χ2n) is 12.0. The molecule has 0 saturated carbocycles. The monoisotopic (exact) mass is 619 g/mol. The van der Waals surface area contributed by atoms with E-state index < -0.39 is 5.41 Å². The van der Waals surface area contributed by atoms with Crippen LogP contribution >= 0.6 is 11.3 Å². The van der Waals surface area contributed by atoms with Gasteiger partial charge in [0.05, 0.1) is 16.8 Å². The molecule has 0 unspecified atom stereocenters. The molecule has 1 aliphatic rings. The summed E-state index contributed by atoms with van der Waals surface area (Å²) in [4.78, 5) is 15.6. The van der Waals surface area contributed by atoms with Gasteiger partial charge in [0.15, 0.2) is 5.43 Å². The highest BCUT2D eigenvalue weighted by Crippen LogP contribution is 2.57. The molecule has 0 fully saturated rings. The van der Waals surface area contributed by atoms with Crippen LogP contribution in [0.4, 0.5) is 17.1 Å². The summed E-state index contributed by atoms with van der Waals surface area (Å²) in [6, 6.07) is 62.3. The van der Waals surface area contributed by atoms with Crippen LogP contribution in [-0.2, 0) is 5.41 Å². The quantitative estimate of drug-likeness (QED) is 0.183. The third kappa shape index (κ3) is 4.21. The van der Waals surface area contributed by atoms with Crippen molar-refractivity contribution in [2.24, 2.45) is 0 Å². The zero-order chi connectivity index (χ0) is 31.4. The lowest BCUT2D eigenvalue weighted by Crippen LogP contribution is -2.37. The molecule has 8 aromatic rings. The third-order valence-electron chi connectivity index (χ3n) is 9.55. The largest absolute Gasteiger partial charge is 0.310 e. The van der Waals surface area contributed by atoms with Gasteiger partial charge in [-0.2, -0.15) is 0 Å². The number of anilines is 3. The first-order chi connectivity index (χ1) is 23.2. The lowest BCUT2D eigenvalue weighted by molar-refractivity contribution is 0.731. The fraction of sp³-hybridized carbons (Fsp3) is 0.0227. The summed E-state index contributed by atoms with van der Waals surface area (Å²) >= 11 is 1.67. The normalized spacial score (nSPS) is 13.3. The highest BCUT2D eigenvalue weighted by molar-refractivity contribution is 7.24. The molecule has 0 radical (unpaired) electrons. The third-order valence-corrected chi connectivity index (χ3v) is 10.7. The number of nitrogens with zero attached hydrogens (tertiary/aromatic N) is 1. The van der Waals surface area contributed by atoms with Crippen LogP contribution in [0.25, 0.3) is 31.3 Å². The first kappa shape index (κ1) is 27.5. The van der Waals surface area contributed by atoms with Gasteiger partial charge < -0.3 is 4.90 Å². The van der Waals surface area contributed by atoms with E-state index in [0.29, 0.717) is 0 Å². The van der Waals surface area contributed by atoms with E-state index in [-0.39, 0.29) is 5.43 Å². The first-order valence-corrected chi connectivity index (χ1v) is 16.7. The van der Waals surface area contributed by atoms with Crippen molar-refractivity contribution in [1.29, 1.82) is 0 Å². The Balaban J connectivity index is 1.20. The maximum Gasteiger partial charge on any atom is 0.195 e. The van der Waals surface area contributed by atoms with Crippen molar-refractivity contribution in [3.63, 3.8) is 0 Å². The summed E-state index contributed by atoms with van der Waals surface area (Å²) in [7, 11) is 0. The average molecular weight is 620 g/mol. The van der Waals surface area contributed by atoms with E-state index in [0.717, 1.165) is 48.4 Å². The van der Waals surface area contributed by atoms with Crippen molar-refractivity contribution >= 4 is 48.6 Å². The van der Waals surface area contributed by atoms with Gasteiger partial charge in [-0.3, -0.25) is 4.79 Å². The smallest absolute Gasteiger partial charge is 0.195 e. The van der Waals surface area contributed by atoms with E-state index in [2.05, 4.69) is 150 Å². The zero-order valence-electron chi connectivity index (χ0n) is 25.5. The second-order valence-corrected chi connectivity index (χ2v) is 13.1. The Morgan fingerprint density at radius 2 is 0.957 bits per heavy atom. The summed E-state index contributed by atoms with van der Waals surface area (Å²) in [5.74, 6) is 0. The van der Waals surface area contributed by atoms with Gasteiger partial charge in [-0.1, -0.05) is 127 Å². The number of hydrogen-bond donors (Lipinski definition) is 0. The summed E-state index contributed by atoms with van der Waals surface area (Å²) < 4.78 is 2.02. The van der Waals surface area contributed by atoms with Crippen LogP contribution in [0.3, 0.4) is 0 Å². The molecular weight excluding hydrogens is 591 g/mol. The van der Waals surface area contributed by atoms with Crippen LogP contribution in [-0.4, -0.2) is 0 Å². The Morgan fingerprint density at radius 1 is 0.447 bits per heavy atom. The van der Waals surface area contributed by atoms with Crippen LogP contribution in [0.1, 0.15) is 22.3 Å². The molecule has 0 bridgehead atoms. The lowest BCUT2D eigenvalue weighted by atomic mass is 9.62. The van der Waals surface area contributed by atoms with Crippen molar-refractivity contribution in [2.45, 2.75) is 5.41 Å². The number of fused-ring (bicyclic) bond motifs is 4. The van der Waals surface area contributed by atoms with E-state index >= 15 is 0 Å². The summed E-state index contributed by atoms with van der Waals surface area (Å²) in [6.45, 7) is 0. The van der Waals surface area contributed by atoms with Gasteiger partial charge in [0.1, 0.15) is 0 Å². The molecule has 2 heterocycles. The molecule has 0 atom stereocenters. The molecule has 9 rings (SSSR count). The fourth-order valence-corrected chi connectivity index (χ4v) is 8.58. The van der Waals surface area contributed by atoms with Crippen LogP contribution in [0, 0.1) is 0 Å². The van der Waals surface area contributed by atoms with E-state index in [1.54, 1.807) is 11.3 Å². The molecule has 1 aromatic heterocycles. The topological polar surface area (TPSA) is 20.3 Å². The minimum Gasteiger partial charge on any atom is -0.310 e. The maximum atomic E-state index is 13.2. The molecule has 2 nitrogen and oxygen atoms in total. The predicted octanol–water partition coefficient (Wildman–Crippen LogP) is 11.2. The number of rotatable bonds is 4. The zero-order valence-corrected chi connectivity index (χ0v) is 26.3. The molecule has 222 valence electrons. The minimum absolute atomic E-state index is 0.0979. The van der Waals surface area contributed by atoms with Gasteiger partial charge >= 0.3 is 0 Å². The molecule has 1 aliphatic heterocycles. The van der Waals surface area contributed by atoms with Crippen LogP contribution in [0.15, 0.2) is 181 Å². The highest BCUT2D eigenvalue weighted by Gasteiger charge is 2.46. The van der Waals surface area contributed by atoms with E-state index in [4.69, 9.17) is 0 Å². The van der Waals surface area contributed by atoms with Crippen LogP contribution in [0.2, 0.25) is 0 Å². The van der Waals surface area contributed by atoms with E-state index in [9.17, 15) is 4.79 Å². The summed E-state index contributed by atoms with van der Waals surface area (Å²) in [5.41, 5.74) is 10.2. The summed E-state index contributed by atoms with van der Waals surface area (Å²) in [6.07, 6.45) is 0. The van der Waals surface area contributed by atoms with Crippen molar-refractivity contribution in [3.8, 4) is 11.1 Å².